The molecule has 41 heavy (non-hydrogen) atoms. The van der Waals surface area contributed by atoms with Crippen LogP contribution in [-0.2, 0) is 11.3 Å². The summed E-state index contributed by atoms with van der Waals surface area (Å²) < 4.78 is 27.9. The highest BCUT2D eigenvalue weighted by Crippen LogP contribution is 2.29. The molecule has 4 aromatic carbocycles. The second-order valence-electron chi connectivity index (χ2n) is 9.46. The number of imidazole rings is 1. The second kappa shape index (κ2) is 11.4. The minimum atomic E-state index is -1.55. The highest BCUT2D eigenvalue weighted by molar-refractivity contribution is 6.20. The monoisotopic (exact) mass is 554 g/mol. The van der Waals surface area contributed by atoms with E-state index in [2.05, 4.69) is 20.6 Å². The fourth-order valence-electron chi connectivity index (χ4n) is 4.45. The van der Waals surface area contributed by atoms with E-state index in [1.807, 2.05) is 12.1 Å². The van der Waals surface area contributed by atoms with Gasteiger partial charge in [-0.15, -0.1) is 0 Å². The summed E-state index contributed by atoms with van der Waals surface area (Å²) in [5.74, 6) is -5.35. The predicted molar refractivity (Wildman–Crippen MR) is 150 cm³/mol. The molecule has 0 radical (unpaired) electrons. The second-order valence-corrected chi connectivity index (χ2v) is 9.46. The molecule has 0 aliphatic heterocycles. The number of Topliss-reactive ketones (excluding diaryl/α,β-unsaturated/α-hetero) is 2. The van der Waals surface area contributed by atoms with Crippen molar-refractivity contribution in [3.63, 3.8) is 0 Å². The summed E-state index contributed by atoms with van der Waals surface area (Å²) in [4.78, 5) is 45.8. The van der Waals surface area contributed by atoms with Gasteiger partial charge < -0.3 is 20.7 Å². The fraction of sp³-hybridized carbons (Fsp3) is 0.0968. The summed E-state index contributed by atoms with van der Waals surface area (Å²) in [7, 11) is 0. The first kappa shape index (κ1) is 27.2. The number of carbonyl (C=O) groups is 3. The number of ketones is 2. The van der Waals surface area contributed by atoms with Crippen molar-refractivity contribution < 1.29 is 28.3 Å². The van der Waals surface area contributed by atoms with Crippen LogP contribution in [0.1, 0.15) is 44.9 Å². The van der Waals surface area contributed by atoms with Crippen LogP contribution >= 0.6 is 0 Å². The number of aromatic nitrogens is 2. The van der Waals surface area contributed by atoms with Gasteiger partial charge in [0.1, 0.15) is 29.1 Å². The maximum Gasteiger partial charge on any atom is 0.221 e. The Morgan fingerprint density at radius 1 is 0.854 bits per heavy atom. The SMILES string of the molecule is CC(=O)Nc1ccc(CNc2ccc3nc(C(C(=O)c4cccc(O)c4)C(=O)c4cc(F)cc(F)c4)[nH]c3c2)cc1. The van der Waals surface area contributed by atoms with Crippen LogP contribution in [0.15, 0.2) is 84.9 Å². The van der Waals surface area contributed by atoms with Gasteiger partial charge in [-0.2, -0.15) is 0 Å². The van der Waals surface area contributed by atoms with E-state index < -0.39 is 29.1 Å². The molecule has 0 fully saturated rings. The molecule has 10 heteroatoms. The Kier molecular flexibility index (Phi) is 7.55. The van der Waals surface area contributed by atoms with Crippen molar-refractivity contribution in [3.8, 4) is 5.75 Å². The molecule has 4 N–H and O–H groups in total. The Hall–Kier alpha value is -5.38. The molecule has 0 saturated carbocycles. The summed E-state index contributed by atoms with van der Waals surface area (Å²) in [5, 5.41) is 15.9. The first-order valence-electron chi connectivity index (χ1n) is 12.6. The van der Waals surface area contributed by atoms with Gasteiger partial charge in [-0.25, -0.2) is 13.8 Å². The Labute approximate surface area is 233 Å². The molecule has 5 rings (SSSR count). The third kappa shape index (κ3) is 6.27. The largest absolute Gasteiger partial charge is 0.508 e. The third-order valence-corrected chi connectivity index (χ3v) is 6.35. The highest BCUT2D eigenvalue weighted by atomic mass is 19.1. The Morgan fingerprint density at radius 2 is 1.54 bits per heavy atom. The normalized spacial score (nSPS) is 11.7. The molecule has 0 bridgehead atoms. The highest BCUT2D eigenvalue weighted by Gasteiger charge is 2.33. The van der Waals surface area contributed by atoms with E-state index in [-0.39, 0.29) is 28.6 Å². The lowest BCUT2D eigenvalue weighted by Crippen LogP contribution is -2.24. The maximum atomic E-state index is 14.0. The number of rotatable bonds is 9. The predicted octanol–water partition coefficient (Wildman–Crippen LogP) is 5.97. The zero-order chi connectivity index (χ0) is 29.1. The first-order valence-corrected chi connectivity index (χ1v) is 12.6. The number of phenolic OH excluding ortho intramolecular Hbond substituents is 1. The number of H-pyrrole nitrogens is 1. The number of benzene rings is 4. The van der Waals surface area contributed by atoms with Crippen molar-refractivity contribution in [2.45, 2.75) is 19.4 Å². The van der Waals surface area contributed by atoms with Crippen LogP contribution < -0.4 is 10.6 Å². The lowest BCUT2D eigenvalue weighted by Gasteiger charge is -2.13. The number of nitrogens with one attached hydrogen (secondary N) is 3. The van der Waals surface area contributed by atoms with E-state index in [0.717, 1.165) is 23.4 Å². The first-order chi connectivity index (χ1) is 19.7. The van der Waals surface area contributed by atoms with E-state index in [1.165, 1.54) is 31.2 Å². The zero-order valence-electron chi connectivity index (χ0n) is 21.7. The van der Waals surface area contributed by atoms with E-state index in [4.69, 9.17) is 0 Å². The number of halogens is 2. The number of aromatic amines is 1. The van der Waals surface area contributed by atoms with Crippen molar-refractivity contribution in [2.75, 3.05) is 10.6 Å². The van der Waals surface area contributed by atoms with Gasteiger partial charge >= 0.3 is 0 Å². The van der Waals surface area contributed by atoms with Crippen LogP contribution in [0.5, 0.6) is 5.75 Å². The van der Waals surface area contributed by atoms with Gasteiger partial charge in [0.25, 0.3) is 0 Å². The van der Waals surface area contributed by atoms with Crippen LogP contribution in [0.4, 0.5) is 20.2 Å². The van der Waals surface area contributed by atoms with Crippen LogP contribution in [0.25, 0.3) is 11.0 Å². The van der Waals surface area contributed by atoms with Gasteiger partial charge in [0, 0.05) is 42.0 Å². The molecule has 1 heterocycles. The molecule has 1 aromatic heterocycles. The number of amides is 1. The van der Waals surface area contributed by atoms with E-state index in [9.17, 15) is 28.3 Å². The molecule has 8 nitrogen and oxygen atoms in total. The molecular formula is C31H24F2N4O4. The Bertz CT molecular complexity index is 1760. The van der Waals surface area contributed by atoms with Gasteiger partial charge in [-0.05, 0) is 60.2 Å². The summed E-state index contributed by atoms with van der Waals surface area (Å²) in [6.45, 7) is 1.92. The van der Waals surface area contributed by atoms with Gasteiger partial charge in [0.2, 0.25) is 5.91 Å². The molecule has 0 aliphatic rings. The minimum Gasteiger partial charge on any atom is -0.508 e. The minimum absolute atomic E-state index is 0.00581. The molecule has 0 saturated heterocycles. The van der Waals surface area contributed by atoms with Crippen molar-refractivity contribution in [1.82, 2.24) is 9.97 Å². The van der Waals surface area contributed by atoms with E-state index in [0.29, 0.717) is 29.3 Å². The topological polar surface area (TPSA) is 124 Å². The smallest absolute Gasteiger partial charge is 0.221 e. The van der Waals surface area contributed by atoms with E-state index >= 15 is 0 Å². The van der Waals surface area contributed by atoms with Gasteiger partial charge in [-0.1, -0.05) is 24.3 Å². The quantitative estimate of drug-likeness (QED) is 0.132. The van der Waals surface area contributed by atoms with Crippen molar-refractivity contribution >= 4 is 39.9 Å². The zero-order valence-corrected chi connectivity index (χ0v) is 21.7. The number of nitrogens with zero attached hydrogens (tertiary/aromatic N) is 1. The number of hydrogen-bond donors (Lipinski definition) is 4. The Balaban J connectivity index is 1.44. The number of carbonyl (C=O) groups excluding carboxylic acids is 3. The van der Waals surface area contributed by atoms with Gasteiger partial charge in [0.05, 0.1) is 11.0 Å². The average Bonchev–Trinajstić information content (AvgIpc) is 3.34. The molecule has 0 spiro atoms. The molecule has 1 atom stereocenters. The summed E-state index contributed by atoms with van der Waals surface area (Å²) in [6, 6.07) is 20.4. The molecule has 1 unspecified atom stereocenters. The van der Waals surface area contributed by atoms with Crippen molar-refractivity contribution in [1.29, 1.82) is 0 Å². The van der Waals surface area contributed by atoms with Gasteiger partial charge in [0.15, 0.2) is 11.6 Å². The van der Waals surface area contributed by atoms with Crippen molar-refractivity contribution in [2.24, 2.45) is 0 Å². The molecule has 5 aromatic rings. The molecule has 1 amide bonds. The lowest BCUT2D eigenvalue weighted by atomic mass is 9.89. The molecule has 0 aliphatic carbocycles. The Morgan fingerprint density at radius 3 is 2.22 bits per heavy atom. The average molecular weight is 555 g/mol. The van der Waals surface area contributed by atoms with Crippen LogP contribution in [0.2, 0.25) is 0 Å². The van der Waals surface area contributed by atoms with Gasteiger partial charge in [-0.3, -0.25) is 14.4 Å². The molecule has 206 valence electrons. The summed E-state index contributed by atoms with van der Waals surface area (Å²) in [5.41, 5.74) is 3.09. The standard InChI is InChI=1S/C31H24F2N4O4/c1-17(38)35-23-7-5-18(6-8-23)16-34-24-9-10-26-27(15-24)37-31(36-26)28(29(40)19-3-2-4-25(39)13-19)30(41)20-11-21(32)14-22(33)12-20/h2-15,28,34,39H,16H2,1H3,(H,35,38)(H,36,37). The number of fused-ring (bicyclic) bond motifs is 1. The van der Waals surface area contributed by atoms with E-state index in [1.54, 1.807) is 30.3 Å². The lowest BCUT2D eigenvalue weighted by molar-refractivity contribution is -0.114. The summed E-state index contributed by atoms with van der Waals surface area (Å²) >= 11 is 0. The number of hydrogen-bond acceptors (Lipinski definition) is 6. The maximum absolute atomic E-state index is 14.0. The number of phenols is 1. The van der Waals surface area contributed by atoms with Crippen LogP contribution in [0, 0.1) is 11.6 Å². The number of aromatic hydroxyl groups is 1. The van der Waals surface area contributed by atoms with Crippen molar-refractivity contribution in [3.05, 3.63) is 119 Å². The molecular weight excluding hydrogens is 530 g/mol. The third-order valence-electron chi connectivity index (χ3n) is 6.35. The summed E-state index contributed by atoms with van der Waals surface area (Å²) in [6.07, 6.45) is 0. The van der Waals surface area contributed by atoms with Crippen LogP contribution in [0.3, 0.4) is 0 Å². The van der Waals surface area contributed by atoms with Crippen LogP contribution in [-0.4, -0.2) is 32.5 Å². The fourth-order valence-corrected chi connectivity index (χ4v) is 4.45. The number of anilines is 2.